The normalized spacial score (nSPS) is 17.3. The van der Waals surface area contributed by atoms with Crippen molar-refractivity contribution in [1.82, 2.24) is 15.1 Å². The van der Waals surface area contributed by atoms with Crippen molar-refractivity contribution in [2.75, 3.05) is 46.3 Å². The van der Waals surface area contributed by atoms with Gasteiger partial charge in [0.1, 0.15) is 5.75 Å². The third-order valence-electron chi connectivity index (χ3n) is 4.25. The Morgan fingerprint density at radius 1 is 1.25 bits per heavy atom. The Hall–Kier alpha value is -1.92. The van der Waals surface area contributed by atoms with Gasteiger partial charge in [-0.15, -0.1) is 0 Å². The lowest BCUT2D eigenvalue weighted by atomic mass is 10.1. The minimum atomic E-state index is -0.598. The molecular weight excluding hydrogens is 306 g/mol. The van der Waals surface area contributed by atoms with Crippen molar-refractivity contribution in [3.8, 4) is 5.75 Å². The number of rotatable bonds is 7. The second kappa shape index (κ2) is 8.80. The van der Waals surface area contributed by atoms with Crippen LogP contribution in [-0.2, 0) is 4.79 Å². The predicted molar refractivity (Wildman–Crippen MR) is 93.5 cm³/mol. The number of likely N-dealkylation sites (N-methyl/N-ethyl adjacent to an activating group) is 1. The van der Waals surface area contributed by atoms with Gasteiger partial charge >= 0.3 is 0 Å². The fraction of sp³-hybridized carbons (Fsp3) is 0.556. The summed E-state index contributed by atoms with van der Waals surface area (Å²) < 4.78 is 5.64. The van der Waals surface area contributed by atoms with E-state index >= 15 is 0 Å². The molecule has 0 saturated carbocycles. The van der Waals surface area contributed by atoms with Gasteiger partial charge < -0.3 is 15.0 Å². The van der Waals surface area contributed by atoms with E-state index in [1.54, 1.807) is 31.2 Å². The van der Waals surface area contributed by atoms with Crippen LogP contribution in [0, 0.1) is 0 Å². The lowest BCUT2D eigenvalue weighted by Gasteiger charge is -2.32. The number of hydrogen-bond donors (Lipinski definition) is 1. The summed E-state index contributed by atoms with van der Waals surface area (Å²) >= 11 is 0. The monoisotopic (exact) mass is 333 g/mol. The van der Waals surface area contributed by atoms with Crippen molar-refractivity contribution in [1.29, 1.82) is 0 Å². The number of hydrogen-bond acceptors (Lipinski definition) is 5. The quantitative estimate of drug-likeness (QED) is 0.755. The van der Waals surface area contributed by atoms with Gasteiger partial charge in [0, 0.05) is 44.8 Å². The Bertz CT molecular complexity index is 568. The zero-order valence-electron chi connectivity index (χ0n) is 14.7. The van der Waals surface area contributed by atoms with Crippen LogP contribution in [0.15, 0.2) is 24.3 Å². The molecule has 1 aliphatic rings. The van der Waals surface area contributed by atoms with E-state index in [2.05, 4.69) is 22.2 Å². The highest BCUT2D eigenvalue weighted by Gasteiger charge is 2.17. The van der Waals surface area contributed by atoms with Crippen LogP contribution in [0.5, 0.6) is 5.75 Å². The lowest BCUT2D eigenvalue weighted by Crippen LogP contribution is -2.47. The molecule has 1 fully saturated rings. The van der Waals surface area contributed by atoms with Crippen LogP contribution in [0.3, 0.4) is 0 Å². The Morgan fingerprint density at radius 2 is 1.96 bits per heavy atom. The van der Waals surface area contributed by atoms with Crippen LogP contribution in [-0.4, -0.2) is 73.9 Å². The van der Waals surface area contributed by atoms with Gasteiger partial charge in [0.2, 0.25) is 0 Å². The van der Waals surface area contributed by atoms with E-state index < -0.39 is 6.10 Å². The molecule has 2 rings (SSSR count). The summed E-state index contributed by atoms with van der Waals surface area (Å²) in [6, 6.07) is 6.90. The fourth-order valence-corrected chi connectivity index (χ4v) is 2.60. The molecular formula is C18H27N3O3. The highest BCUT2D eigenvalue weighted by atomic mass is 16.5. The van der Waals surface area contributed by atoms with Crippen molar-refractivity contribution >= 4 is 11.7 Å². The highest BCUT2D eigenvalue weighted by Crippen LogP contribution is 2.15. The SMILES string of the molecule is CC(=O)c1cccc(OC(C)C(=O)NCCN2CCN(C)CC2)c1. The average molecular weight is 333 g/mol. The van der Waals surface area contributed by atoms with Crippen molar-refractivity contribution < 1.29 is 14.3 Å². The number of nitrogens with one attached hydrogen (secondary N) is 1. The van der Waals surface area contributed by atoms with Gasteiger partial charge in [0.05, 0.1) is 0 Å². The molecule has 1 aromatic rings. The third-order valence-corrected chi connectivity index (χ3v) is 4.25. The number of amides is 1. The Balaban J connectivity index is 1.74. The van der Waals surface area contributed by atoms with Gasteiger partial charge in [-0.25, -0.2) is 0 Å². The Kier molecular flexibility index (Phi) is 6.75. The molecule has 1 saturated heterocycles. The molecule has 0 bridgehead atoms. The second-order valence-corrected chi connectivity index (χ2v) is 6.28. The third kappa shape index (κ3) is 5.62. The van der Waals surface area contributed by atoms with E-state index in [9.17, 15) is 9.59 Å². The summed E-state index contributed by atoms with van der Waals surface area (Å²) in [5.74, 6) is 0.367. The Morgan fingerprint density at radius 3 is 2.62 bits per heavy atom. The first kappa shape index (κ1) is 18.4. The first-order chi connectivity index (χ1) is 11.5. The number of benzene rings is 1. The van der Waals surface area contributed by atoms with E-state index in [1.165, 1.54) is 6.92 Å². The lowest BCUT2D eigenvalue weighted by molar-refractivity contribution is -0.127. The van der Waals surface area contributed by atoms with Gasteiger partial charge in [-0.1, -0.05) is 12.1 Å². The van der Waals surface area contributed by atoms with Gasteiger partial charge in [-0.3, -0.25) is 14.5 Å². The highest BCUT2D eigenvalue weighted by molar-refractivity contribution is 5.94. The van der Waals surface area contributed by atoms with E-state index in [0.29, 0.717) is 17.9 Å². The summed E-state index contributed by atoms with van der Waals surface area (Å²) in [5, 5.41) is 2.91. The maximum Gasteiger partial charge on any atom is 0.260 e. The van der Waals surface area contributed by atoms with Crippen LogP contribution in [0.25, 0.3) is 0 Å². The number of ketones is 1. The maximum absolute atomic E-state index is 12.1. The van der Waals surface area contributed by atoms with Crippen LogP contribution in [0.1, 0.15) is 24.2 Å². The topological polar surface area (TPSA) is 61.9 Å². The van der Waals surface area contributed by atoms with E-state index in [-0.39, 0.29) is 11.7 Å². The zero-order valence-corrected chi connectivity index (χ0v) is 14.7. The number of carbonyl (C=O) groups excluding carboxylic acids is 2. The number of Topliss-reactive ketones (excluding diaryl/α,β-unsaturated/α-hetero) is 1. The number of piperazine rings is 1. The van der Waals surface area contributed by atoms with Crippen molar-refractivity contribution in [2.24, 2.45) is 0 Å². The van der Waals surface area contributed by atoms with E-state index in [0.717, 1.165) is 32.7 Å². The molecule has 0 aliphatic carbocycles. The minimum Gasteiger partial charge on any atom is -0.481 e. The molecule has 1 atom stereocenters. The molecule has 1 heterocycles. The van der Waals surface area contributed by atoms with Gasteiger partial charge in [-0.05, 0) is 33.0 Å². The maximum atomic E-state index is 12.1. The van der Waals surface area contributed by atoms with Crippen molar-refractivity contribution in [3.05, 3.63) is 29.8 Å². The molecule has 1 unspecified atom stereocenters. The number of ether oxygens (including phenoxy) is 1. The molecule has 0 aromatic heterocycles. The molecule has 6 nitrogen and oxygen atoms in total. The number of nitrogens with zero attached hydrogens (tertiary/aromatic N) is 2. The van der Waals surface area contributed by atoms with Crippen LogP contribution in [0.4, 0.5) is 0 Å². The molecule has 0 radical (unpaired) electrons. The fourth-order valence-electron chi connectivity index (χ4n) is 2.60. The van der Waals surface area contributed by atoms with Crippen LogP contribution < -0.4 is 10.1 Å². The van der Waals surface area contributed by atoms with Gasteiger partial charge in [0.15, 0.2) is 11.9 Å². The summed E-state index contributed by atoms with van der Waals surface area (Å²) in [4.78, 5) is 28.2. The minimum absolute atomic E-state index is 0.0234. The molecule has 132 valence electrons. The number of carbonyl (C=O) groups is 2. The predicted octanol–water partition coefficient (Wildman–Crippen LogP) is 1.02. The molecule has 1 amide bonds. The largest absolute Gasteiger partial charge is 0.481 e. The summed E-state index contributed by atoms with van der Waals surface area (Å²) in [6.07, 6.45) is -0.598. The van der Waals surface area contributed by atoms with Crippen molar-refractivity contribution in [3.63, 3.8) is 0 Å². The molecule has 6 heteroatoms. The molecule has 1 N–H and O–H groups in total. The second-order valence-electron chi connectivity index (χ2n) is 6.28. The first-order valence-corrected chi connectivity index (χ1v) is 8.42. The summed E-state index contributed by atoms with van der Waals surface area (Å²) in [6.45, 7) is 8.90. The average Bonchev–Trinajstić information content (AvgIpc) is 2.56. The van der Waals surface area contributed by atoms with E-state index in [1.807, 2.05) is 0 Å². The van der Waals surface area contributed by atoms with Crippen molar-refractivity contribution in [2.45, 2.75) is 20.0 Å². The van der Waals surface area contributed by atoms with Gasteiger partial charge in [-0.2, -0.15) is 0 Å². The molecule has 0 spiro atoms. The molecule has 24 heavy (non-hydrogen) atoms. The summed E-state index contributed by atoms with van der Waals surface area (Å²) in [7, 11) is 2.12. The molecule has 1 aromatic carbocycles. The van der Waals surface area contributed by atoms with Gasteiger partial charge in [0.25, 0.3) is 5.91 Å². The smallest absolute Gasteiger partial charge is 0.260 e. The Labute approximate surface area is 143 Å². The van der Waals surface area contributed by atoms with E-state index in [4.69, 9.17) is 4.74 Å². The van der Waals surface area contributed by atoms with Crippen LogP contribution in [0.2, 0.25) is 0 Å². The van der Waals surface area contributed by atoms with Crippen LogP contribution >= 0.6 is 0 Å². The first-order valence-electron chi connectivity index (χ1n) is 8.42. The molecule has 1 aliphatic heterocycles. The summed E-state index contributed by atoms with van der Waals surface area (Å²) in [5.41, 5.74) is 0.579. The zero-order chi connectivity index (χ0) is 17.5. The standard InChI is InChI=1S/C18H27N3O3/c1-14(22)16-5-4-6-17(13-16)24-15(2)18(23)19-7-8-21-11-9-20(3)10-12-21/h4-6,13,15H,7-12H2,1-3H3,(H,19,23).